The highest BCUT2D eigenvalue weighted by Gasteiger charge is 2.09. The number of rotatable bonds is 7. The summed E-state index contributed by atoms with van der Waals surface area (Å²) in [5.41, 5.74) is 5.11. The van der Waals surface area contributed by atoms with E-state index in [1.807, 2.05) is 13.8 Å². The second-order valence-corrected chi connectivity index (χ2v) is 5.40. The Morgan fingerprint density at radius 1 is 1.40 bits per heavy atom. The molecule has 0 aliphatic heterocycles. The van der Waals surface area contributed by atoms with E-state index in [1.165, 1.54) is 0 Å². The molecular formula is C8H19N3O3S. The fraction of sp³-hybridized carbons (Fsp3) is 0.875. The molecule has 0 saturated carbocycles. The van der Waals surface area contributed by atoms with Gasteiger partial charge < -0.3 is 11.1 Å². The van der Waals surface area contributed by atoms with Crippen LogP contribution in [0.4, 0.5) is 0 Å². The number of amides is 1. The first kappa shape index (κ1) is 14.3. The van der Waals surface area contributed by atoms with Crippen LogP contribution in [-0.2, 0) is 14.8 Å². The van der Waals surface area contributed by atoms with Gasteiger partial charge in [-0.1, -0.05) is 0 Å². The van der Waals surface area contributed by atoms with Gasteiger partial charge in [-0.05, 0) is 13.8 Å². The van der Waals surface area contributed by atoms with Crippen LogP contribution in [0.25, 0.3) is 0 Å². The molecule has 0 atom stereocenters. The average molecular weight is 237 g/mol. The first-order valence-corrected chi connectivity index (χ1v) is 6.49. The van der Waals surface area contributed by atoms with Gasteiger partial charge in [0, 0.05) is 25.6 Å². The largest absolute Gasteiger partial charge is 0.354 e. The maximum atomic E-state index is 11.1. The van der Waals surface area contributed by atoms with Gasteiger partial charge in [0.2, 0.25) is 15.9 Å². The average Bonchev–Trinajstić information content (AvgIpc) is 2.01. The molecule has 0 bridgehead atoms. The van der Waals surface area contributed by atoms with Crippen LogP contribution in [-0.4, -0.2) is 39.2 Å². The second kappa shape index (κ2) is 6.76. The van der Waals surface area contributed by atoms with Gasteiger partial charge in [0.1, 0.15) is 0 Å². The number of nitrogens with two attached hydrogens (primary N) is 1. The summed E-state index contributed by atoms with van der Waals surface area (Å²) in [7, 11) is -3.31. The van der Waals surface area contributed by atoms with Gasteiger partial charge in [0.15, 0.2) is 0 Å². The van der Waals surface area contributed by atoms with Gasteiger partial charge >= 0.3 is 0 Å². The molecule has 0 aliphatic rings. The van der Waals surface area contributed by atoms with Crippen molar-refractivity contribution < 1.29 is 13.2 Å². The van der Waals surface area contributed by atoms with Crippen LogP contribution in [0.3, 0.4) is 0 Å². The van der Waals surface area contributed by atoms with Crippen LogP contribution in [0, 0.1) is 0 Å². The van der Waals surface area contributed by atoms with Crippen molar-refractivity contribution in [2.75, 3.05) is 18.8 Å². The minimum absolute atomic E-state index is 0.0677. The lowest BCUT2D eigenvalue weighted by atomic mass is 10.3. The Bertz CT molecular complexity index is 288. The molecule has 90 valence electrons. The molecule has 0 rings (SSSR count). The van der Waals surface area contributed by atoms with Gasteiger partial charge in [0.25, 0.3) is 0 Å². The Morgan fingerprint density at radius 3 is 2.47 bits per heavy atom. The number of nitrogens with one attached hydrogen (secondary N) is 2. The Morgan fingerprint density at radius 2 is 2.00 bits per heavy atom. The van der Waals surface area contributed by atoms with Gasteiger partial charge in [-0.3, -0.25) is 4.79 Å². The predicted molar refractivity (Wildman–Crippen MR) is 58.7 cm³/mol. The number of sulfonamides is 1. The van der Waals surface area contributed by atoms with Crippen molar-refractivity contribution in [3.05, 3.63) is 0 Å². The fourth-order valence-corrected chi connectivity index (χ4v) is 1.81. The molecule has 7 heteroatoms. The van der Waals surface area contributed by atoms with Crippen molar-refractivity contribution in [3.63, 3.8) is 0 Å². The number of hydrogen-bond donors (Lipinski definition) is 3. The quantitative estimate of drug-likeness (QED) is 0.516. The van der Waals surface area contributed by atoms with E-state index in [0.29, 0.717) is 0 Å². The molecule has 0 heterocycles. The van der Waals surface area contributed by atoms with E-state index in [2.05, 4.69) is 10.0 Å². The SMILES string of the molecule is CC(C)NC(=O)CCNS(=O)(=O)CCN. The fourth-order valence-electron chi connectivity index (χ4n) is 0.942. The first-order chi connectivity index (χ1) is 6.87. The standard InChI is InChI=1S/C8H19N3O3S/c1-7(2)11-8(12)3-5-10-15(13,14)6-4-9/h7,10H,3-6,9H2,1-2H3,(H,11,12). The van der Waals surface area contributed by atoms with E-state index in [0.717, 1.165) is 0 Å². The van der Waals surface area contributed by atoms with Crippen LogP contribution in [0.2, 0.25) is 0 Å². The second-order valence-electron chi connectivity index (χ2n) is 3.47. The lowest BCUT2D eigenvalue weighted by Crippen LogP contribution is -2.35. The zero-order valence-corrected chi connectivity index (χ0v) is 9.93. The molecule has 0 spiro atoms. The van der Waals surface area contributed by atoms with Gasteiger partial charge in [-0.15, -0.1) is 0 Å². The third kappa shape index (κ3) is 8.34. The Labute approximate surface area is 90.7 Å². The number of carbonyl (C=O) groups is 1. The van der Waals surface area contributed by atoms with Crippen molar-refractivity contribution in [1.29, 1.82) is 0 Å². The van der Waals surface area contributed by atoms with E-state index < -0.39 is 10.0 Å². The molecule has 0 radical (unpaired) electrons. The highest BCUT2D eigenvalue weighted by molar-refractivity contribution is 7.89. The van der Waals surface area contributed by atoms with Crippen molar-refractivity contribution >= 4 is 15.9 Å². The molecule has 0 fully saturated rings. The van der Waals surface area contributed by atoms with Crippen LogP contribution in [0.5, 0.6) is 0 Å². The molecule has 0 aliphatic carbocycles. The van der Waals surface area contributed by atoms with Crippen molar-refractivity contribution in [3.8, 4) is 0 Å². The molecule has 0 saturated heterocycles. The van der Waals surface area contributed by atoms with E-state index in [4.69, 9.17) is 5.73 Å². The summed E-state index contributed by atoms with van der Waals surface area (Å²) in [6, 6.07) is 0.0677. The molecule has 0 aromatic carbocycles. The summed E-state index contributed by atoms with van der Waals surface area (Å²) in [5, 5.41) is 2.66. The predicted octanol–water partition coefficient (Wildman–Crippen LogP) is -1.22. The first-order valence-electron chi connectivity index (χ1n) is 4.84. The minimum Gasteiger partial charge on any atom is -0.354 e. The van der Waals surface area contributed by atoms with Crippen LogP contribution in [0.1, 0.15) is 20.3 Å². The molecule has 4 N–H and O–H groups in total. The van der Waals surface area contributed by atoms with Crippen LogP contribution < -0.4 is 15.8 Å². The zero-order valence-electron chi connectivity index (χ0n) is 9.12. The van der Waals surface area contributed by atoms with Gasteiger partial charge in [-0.25, -0.2) is 13.1 Å². The summed E-state index contributed by atoms with van der Waals surface area (Å²) in [6.07, 6.45) is 0.141. The summed E-state index contributed by atoms with van der Waals surface area (Å²) in [5.74, 6) is -0.279. The zero-order chi connectivity index (χ0) is 11.9. The highest BCUT2D eigenvalue weighted by atomic mass is 32.2. The van der Waals surface area contributed by atoms with Crippen molar-refractivity contribution in [2.24, 2.45) is 5.73 Å². The molecule has 0 aromatic heterocycles. The third-order valence-electron chi connectivity index (χ3n) is 1.51. The van der Waals surface area contributed by atoms with E-state index in [9.17, 15) is 13.2 Å². The topological polar surface area (TPSA) is 101 Å². The van der Waals surface area contributed by atoms with Crippen molar-refractivity contribution in [2.45, 2.75) is 26.3 Å². The monoisotopic (exact) mass is 237 g/mol. The molecule has 15 heavy (non-hydrogen) atoms. The molecule has 0 unspecified atom stereocenters. The van der Waals surface area contributed by atoms with E-state index >= 15 is 0 Å². The van der Waals surface area contributed by atoms with Crippen LogP contribution >= 0.6 is 0 Å². The van der Waals surface area contributed by atoms with Crippen molar-refractivity contribution in [1.82, 2.24) is 10.0 Å². The molecule has 0 aromatic rings. The summed E-state index contributed by atoms with van der Waals surface area (Å²) < 4.78 is 24.5. The summed E-state index contributed by atoms with van der Waals surface area (Å²) >= 11 is 0. The molecular weight excluding hydrogens is 218 g/mol. The van der Waals surface area contributed by atoms with Crippen LogP contribution in [0.15, 0.2) is 0 Å². The Hall–Kier alpha value is -0.660. The van der Waals surface area contributed by atoms with Gasteiger partial charge in [0.05, 0.1) is 5.75 Å². The summed E-state index contributed by atoms with van der Waals surface area (Å²) in [4.78, 5) is 11.1. The summed E-state index contributed by atoms with van der Waals surface area (Å²) in [6.45, 7) is 3.88. The third-order valence-corrected chi connectivity index (χ3v) is 2.93. The van der Waals surface area contributed by atoms with Gasteiger partial charge in [-0.2, -0.15) is 0 Å². The maximum absolute atomic E-state index is 11.1. The Balaban J connectivity index is 3.75. The normalized spacial score (nSPS) is 11.7. The smallest absolute Gasteiger partial charge is 0.221 e. The number of hydrogen-bond acceptors (Lipinski definition) is 4. The number of carbonyl (C=O) groups excluding carboxylic acids is 1. The lowest BCUT2D eigenvalue weighted by molar-refractivity contribution is -0.121. The minimum atomic E-state index is -3.31. The lowest BCUT2D eigenvalue weighted by Gasteiger charge is -2.08. The Kier molecular flexibility index (Phi) is 6.46. The molecule has 1 amide bonds. The molecule has 6 nitrogen and oxygen atoms in total. The highest BCUT2D eigenvalue weighted by Crippen LogP contribution is 1.86. The van der Waals surface area contributed by atoms with E-state index in [-0.39, 0.29) is 37.2 Å². The maximum Gasteiger partial charge on any atom is 0.221 e. The van der Waals surface area contributed by atoms with E-state index in [1.54, 1.807) is 0 Å².